The highest BCUT2D eigenvalue weighted by atomic mass is 16.5. The Hall–Kier alpha value is -2.49. The predicted molar refractivity (Wildman–Crippen MR) is 92.0 cm³/mol. The molecule has 0 aliphatic heterocycles. The van der Waals surface area contributed by atoms with Crippen molar-refractivity contribution in [2.75, 3.05) is 18.5 Å². The highest BCUT2D eigenvalue weighted by Crippen LogP contribution is 2.26. The van der Waals surface area contributed by atoms with Crippen LogP contribution >= 0.6 is 0 Å². The van der Waals surface area contributed by atoms with Gasteiger partial charge in [0.05, 0.1) is 5.69 Å². The number of nitrogens with one attached hydrogen (secondary N) is 1. The van der Waals surface area contributed by atoms with Crippen molar-refractivity contribution in [3.8, 4) is 11.5 Å². The van der Waals surface area contributed by atoms with E-state index in [0.29, 0.717) is 24.7 Å². The molecule has 0 atom stereocenters. The number of amides is 1. The van der Waals surface area contributed by atoms with Crippen LogP contribution in [0.4, 0.5) is 5.69 Å². The fourth-order valence-corrected chi connectivity index (χ4v) is 1.83. The number of hydrogen-bond acceptors (Lipinski definition) is 3. The molecule has 0 aromatic heterocycles. The summed E-state index contributed by atoms with van der Waals surface area (Å²) in [6.07, 6.45) is 0. The summed E-state index contributed by atoms with van der Waals surface area (Å²) in [6.45, 7) is 6.46. The minimum absolute atomic E-state index is 0.0471. The molecule has 2 aromatic rings. The monoisotopic (exact) mass is 313 g/mol. The van der Waals surface area contributed by atoms with Crippen LogP contribution in [0.25, 0.3) is 0 Å². The summed E-state index contributed by atoms with van der Waals surface area (Å²) in [6, 6.07) is 17.0. The smallest absolute Gasteiger partial charge is 0.229 e. The molecule has 0 heterocycles. The molecule has 122 valence electrons. The molecule has 2 aromatic carbocycles. The van der Waals surface area contributed by atoms with E-state index in [1.165, 1.54) is 0 Å². The molecule has 2 rings (SSSR count). The summed E-state index contributed by atoms with van der Waals surface area (Å²) in [5.41, 5.74) is 0.218. The van der Waals surface area contributed by atoms with Gasteiger partial charge < -0.3 is 14.8 Å². The topological polar surface area (TPSA) is 47.6 Å². The summed E-state index contributed by atoms with van der Waals surface area (Å²) >= 11 is 0. The number of ether oxygens (including phenoxy) is 2. The molecule has 0 aliphatic carbocycles. The summed E-state index contributed by atoms with van der Waals surface area (Å²) in [4.78, 5) is 12.1. The second kappa shape index (κ2) is 7.68. The average Bonchev–Trinajstić information content (AvgIpc) is 2.53. The zero-order chi connectivity index (χ0) is 16.7. The number of benzene rings is 2. The van der Waals surface area contributed by atoms with Crippen molar-refractivity contribution in [1.29, 1.82) is 0 Å². The van der Waals surface area contributed by atoms with Crippen molar-refractivity contribution >= 4 is 11.6 Å². The van der Waals surface area contributed by atoms with E-state index in [1.54, 1.807) is 0 Å². The minimum atomic E-state index is -0.455. The van der Waals surface area contributed by atoms with Gasteiger partial charge in [-0.25, -0.2) is 0 Å². The molecule has 0 saturated carbocycles. The van der Waals surface area contributed by atoms with Gasteiger partial charge in [-0.3, -0.25) is 4.79 Å². The van der Waals surface area contributed by atoms with Gasteiger partial charge in [0, 0.05) is 5.41 Å². The van der Waals surface area contributed by atoms with Crippen LogP contribution in [0.15, 0.2) is 54.6 Å². The second-order valence-electron chi connectivity index (χ2n) is 6.21. The number of rotatable bonds is 6. The first-order valence-electron chi connectivity index (χ1n) is 7.68. The van der Waals surface area contributed by atoms with E-state index in [2.05, 4.69) is 5.32 Å². The predicted octanol–water partition coefficient (Wildman–Crippen LogP) is 4.13. The van der Waals surface area contributed by atoms with Crippen molar-refractivity contribution in [2.45, 2.75) is 20.8 Å². The standard InChI is InChI=1S/C19H23NO3/c1-19(2,3)18(21)20-16-11-7-8-12-17(16)23-14-13-22-15-9-5-4-6-10-15/h4-12H,13-14H2,1-3H3,(H,20,21). The Morgan fingerprint density at radius 3 is 2.22 bits per heavy atom. The molecular weight excluding hydrogens is 290 g/mol. The molecule has 0 radical (unpaired) electrons. The highest BCUT2D eigenvalue weighted by Gasteiger charge is 2.22. The molecule has 23 heavy (non-hydrogen) atoms. The number of para-hydroxylation sites is 3. The third-order valence-electron chi connectivity index (χ3n) is 3.17. The van der Waals surface area contributed by atoms with Crippen molar-refractivity contribution in [3.05, 3.63) is 54.6 Å². The molecule has 0 saturated heterocycles. The number of carbonyl (C=O) groups is 1. The summed E-state index contributed by atoms with van der Waals surface area (Å²) < 4.78 is 11.3. The Morgan fingerprint density at radius 1 is 0.913 bits per heavy atom. The lowest BCUT2D eigenvalue weighted by molar-refractivity contribution is -0.123. The largest absolute Gasteiger partial charge is 0.490 e. The third kappa shape index (κ3) is 5.33. The van der Waals surface area contributed by atoms with Crippen LogP contribution in [0, 0.1) is 5.41 Å². The SMILES string of the molecule is CC(C)(C)C(=O)Nc1ccccc1OCCOc1ccccc1. The molecule has 0 unspecified atom stereocenters. The molecule has 0 aliphatic rings. The quantitative estimate of drug-likeness (QED) is 0.816. The molecule has 4 nitrogen and oxygen atoms in total. The first-order valence-corrected chi connectivity index (χ1v) is 7.68. The van der Waals surface area contributed by atoms with E-state index in [4.69, 9.17) is 9.47 Å². The fourth-order valence-electron chi connectivity index (χ4n) is 1.83. The van der Waals surface area contributed by atoms with Crippen LogP contribution in [0.1, 0.15) is 20.8 Å². The van der Waals surface area contributed by atoms with Crippen LogP contribution < -0.4 is 14.8 Å². The lowest BCUT2D eigenvalue weighted by Gasteiger charge is -2.19. The van der Waals surface area contributed by atoms with Gasteiger partial charge in [-0.15, -0.1) is 0 Å². The molecule has 0 bridgehead atoms. The molecule has 4 heteroatoms. The first-order chi connectivity index (χ1) is 11.0. The summed E-state index contributed by atoms with van der Waals surface area (Å²) in [5.74, 6) is 1.40. The molecule has 0 spiro atoms. The first kappa shape index (κ1) is 16.9. The Balaban J connectivity index is 1.89. The van der Waals surface area contributed by atoms with E-state index < -0.39 is 5.41 Å². The van der Waals surface area contributed by atoms with E-state index in [-0.39, 0.29) is 5.91 Å². The van der Waals surface area contributed by atoms with Gasteiger partial charge in [-0.2, -0.15) is 0 Å². The lowest BCUT2D eigenvalue weighted by atomic mass is 9.95. The van der Waals surface area contributed by atoms with Crippen LogP contribution in [0.5, 0.6) is 11.5 Å². The highest BCUT2D eigenvalue weighted by molar-refractivity contribution is 5.95. The maximum absolute atomic E-state index is 12.1. The van der Waals surface area contributed by atoms with Crippen molar-refractivity contribution in [2.24, 2.45) is 5.41 Å². The van der Waals surface area contributed by atoms with Gasteiger partial charge in [0.1, 0.15) is 24.7 Å². The van der Waals surface area contributed by atoms with Crippen molar-refractivity contribution in [1.82, 2.24) is 0 Å². The van der Waals surface area contributed by atoms with Gasteiger partial charge >= 0.3 is 0 Å². The fraction of sp³-hybridized carbons (Fsp3) is 0.316. The Labute approximate surface area is 137 Å². The van der Waals surface area contributed by atoms with Gasteiger partial charge in [-0.05, 0) is 24.3 Å². The Morgan fingerprint density at radius 2 is 1.52 bits per heavy atom. The molecule has 0 fully saturated rings. The van der Waals surface area contributed by atoms with Gasteiger partial charge in [0.2, 0.25) is 5.91 Å². The van der Waals surface area contributed by atoms with Gasteiger partial charge in [0.25, 0.3) is 0 Å². The number of hydrogen-bond donors (Lipinski definition) is 1. The van der Waals surface area contributed by atoms with E-state index in [0.717, 1.165) is 5.75 Å². The van der Waals surface area contributed by atoms with Crippen LogP contribution in [0.2, 0.25) is 0 Å². The van der Waals surface area contributed by atoms with Gasteiger partial charge in [-0.1, -0.05) is 51.1 Å². The summed E-state index contributed by atoms with van der Waals surface area (Å²) in [7, 11) is 0. The molecular formula is C19H23NO3. The summed E-state index contributed by atoms with van der Waals surface area (Å²) in [5, 5.41) is 2.90. The van der Waals surface area contributed by atoms with Crippen molar-refractivity contribution < 1.29 is 14.3 Å². The maximum atomic E-state index is 12.1. The van der Waals surface area contributed by atoms with Crippen LogP contribution in [0.3, 0.4) is 0 Å². The van der Waals surface area contributed by atoms with E-state index >= 15 is 0 Å². The maximum Gasteiger partial charge on any atom is 0.229 e. The minimum Gasteiger partial charge on any atom is -0.490 e. The molecule has 1 amide bonds. The normalized spacial score (nSPS) is 10.9. The van der Waals surface area contributed by atoms with Crippen LogP contribution in [-0.4, -0.2) is 19.1 Å². The number of anilines is 1. The zero-order valence-electron chi connectivity index (χ0n) is 13.8. The van der Waals surface area contributed by atoms with E-state index in [9.17, 15) is 4.79 Å². The second-order valence-corrected chi connectivity index (χ2v) is 6.21. The lowest BCUT2D eigenvalue weighted by Crippen LogP contribution is -2.27. The number of carbonyl (C=O) groups excluding carboxylic acids is 1. The Bertz CT molecular complexity index is 633. The average molecular weight is 313 g/mol. The third-order valence-corrected chi connectivity index (χ3v) is 3.17. The Kier molecular flexibility index (Phi) is 5.63. The van der Waals surface area contributed by atoms with Crippen molar-refractivity contribution in [3.63, 3.8) is 0 Å². The molecule has 1 N–H and O–H groups in total. The zero-order valence-corrected chi connectivity index (χ0v) is 13.8. The van der Waals surface area contributed by atoms with Gasteiger partial charge in [0.15, 0.2) is 0 Å². The van der Waals surface area contributed by atoms with Crippen LogP contribution in [-0.2, 0) is 4.79 Å². The van der Waals surface area contributed by atoms with E-state index in [1.807, 2.05) is 75.4 Å².